The minimum absolute atomic E-state index is 0.173. The van der Waals surface area contributed by atoms with Crippen molar-refractivity contribution in [1.29, 1.82) is 0 Å². The molecular weight excluding hydrogens is 366 g/mol. The number of nitrogens with zero attached hydrogens (tertiary/aromatic N) is 1. The monoisotopic (exact) mass is 391 g/mol. The summed E-state index contributed by atoms with van der Waals surface area (Å²) in [7, 11) is 0. The second kappa shape index (κ2) is 7.03. The zero-order valence-corrected chi connectivity index (χ0v) is 17.2. The standard InChI is InChI=1S/C20H25NO5S/c1-19(2,3)12-7-11(8-13(16(12)24)20(4,5)6)9-14-17(25)21(10-15(22)23)18(26)27-14/h7-9,24H,10H2,1-6H3,(H,22,23)/b14-9-. The molecule has 2 amide bonds. The number of thioether (sulfide) groups is 1. The number of aromatic hydroxyl groups is 1. The van der Waals surface area contributed by atoms with Gasteiger partial charge in [-0.3, -0.25) is 19.3 Å². The van der Waals surface area contributed by atoms with Gasteiger partial charge in [0.1, 0.15) is 12.3 Å². The van der Waals surface area contributed by atoms with Crippen molar-refractivity contribution in [3.05, 3.63) is 33.7 Å². The van der Waals surface area contributed by atoms with Crippen molar-refractivity contribution in [2.75, 3.05) is 6.54 Å². The first-order chi connectivity index (χ1) is 12.2. The Bertz CT molecular complexity index is 808. The van der Waals surface area contributed by atoms with Gasteiger partial charge in [0, 0.05) is 11.1 Å². The molecule has 1 heterocycles. The van der Waals surface area contributed by atoms with Gasteiger partial charge >= 0.3 is 5.97 Å². The van der Waals surface area contributed by atoms with Crippen LogP contribution >= 0.6 is 11.8 Å². The predicted octanol–water partition coefficient (Wildman–Crippen LogP) is 4.11. The number of phenols is 1. The summed E-state index contributed by atoms with van der Waals surface area (Å²) >= 11 is 0.722. The van der Waals surface area contributed by atoms with Gasteiger partial charge in [-0.25, -0.2) is 0 Å². The van der Waals surface area contributed by atoms with E-state index in [0.29, 0.717) is 10.5 Å². The summed E-state index contributed by atoms with van der Waals surface area (Å²) in [4.78, 5) is 36.1. The molecule has 27 heavy (non-hydrogen) atoms. The fraction of sp³-hybridized carbons (Fsp3) is 0.450. The van der Waals surface area contributed by atoms with Gasteiger partial charge in [0.2, 0.25) is 0 Å². The van der Waals surface area contributed by atoms with Gasteiger partial charge in [-0.2, -0.15) is 0 Å². The Hall–Kier alpha value is -2.28. The van der Waals surface area contributed by atoms with Gasteiger partial charge in [-0.15, -0.1) is 0 Å². The second-order valence-corrected chi connectivity index (χ2v) is 9.62. The Labute approximate surface area is 163 Å². The number of imide groups is 1. The lowest BCUT2D eigenvalue weighted by Gasteiger charge is -2.28. The zero-order chi connectivity index (χ0) is 20.7. The van der Waals surface area contributed by atoms with Gasteiger partial charge in [-0.05, 0) is 46.4 Å². The highest BCUT2D eigenvalue weighted by Crippen LogP contribution is 2.41. The lowest BCUT2D eigenvalue weighted by atomic mass is 9.78. The van der Waals surface area contributed by atoms with Crippen LogP contribution in [0.4, 0.5) is 4.79 Å². The number of hydrogen-bond acceptors (Lipinski definition) is 5. The molecule has 0 atom stereocenters. The summed E-state index contributed by atoms with van der Waals surface area (Å²) in [6.07, 6.45) is 1.58. The van der Waals surface area contributed by atoms with Crippen molar-refractivity contribution in [2.24, 2.45) is 0 Å². The number of hydrogen-bond donors (Lipinski definition) is 2. The lowest BCUT2D eigenvalue weighted by Crippen LogP contribution is -2.33. The molecule has 1 fully saturated rings. The van der Waals surface area contributed by atoms with Crippen molar-refractivity contribution in [2.45, 2.75) is 52.4 Å². The first-order valence-electron chi connectivity index (χ1n) is 8.57. The molecule has 0 unspecified atom stereocenters. The van der Waals surface area contributed by atoms with Crippen LogP contribution in [0.1, 0.15) is 58.2 Å². The number of aliphatic carboxylic acids is 1. The molecule has 6 nitrogen and oxygen atoms in total. The van der Waals surface area contributed by atoms with E-state index in [1.54, 1.807) is 18.2 Å². The third-order valence-electron chi connectivity index (χ3n) is 4.21. The number of phenolic OH excluding ortho intramolecular Hbond substituents is 1. The summed E-state index contributed by atoms with van der Waals surface area (Å²) in [5.41, 5.74) is 1.52. The quantitative estimate of drug-likeness (QED) is 0.753. The highest BCUT2D eigenvalue weighted by Gasteiger charge is 2.36. The number of amides is 2. The van der Waals surface area contributed by atoms with E-state index >= 15 is 0 Å². The Kier molecular flexibility index (Phi) is 5.48. The third-order valence-corrected chi connectivity index (χ3v) is 5.12. The van der Waals surface area contributed by atoms with Crippen molar-refractivity contribution in [3.8, 4) is 5.75 Å². The lowest BCUT2D eigenvalue weighted by molar-refractivity contribution is -0.140. The number of rotatable bonds is 3. The summed E-state index contributed by atoms with van der Waals surface area (Å²) in [6, 6.07) is 3.60. The van der Waals surface area contributed by atoms with Crippen LogP contribution in [-0.4, -0.2) is 38.8 Å². The van der Waals surface area contributed by atoms with E-state index in [9.17, 15) is 19.5 Å². The number of carboxylic acid groups (broad SMARTS) is 1. The summed E-state index contributed by atoms with van der Waals surface area (Å²) in [5.74, 6) is -1.63. The minimum atomic E-state index is -1.24. The van der Waals surface area contributed by atoms with Gasteiger partial charge in [0.25, 0.3) is 11.1 Å². The molecule has 0 saturated carbocycles. The van der Waals surface area contributed by atoms with Gasteiger partial charge < -0.3 is 10.2 Å². The smallest absolute Gasteiger partial charge is 0.323 e. The van der Waals surface area contributed by atoms with Crippen LogP contribution in [0.5, 0.6) is 5.75 Å². The molecule has 0 radical (unpaired) electrons. The van der Waals surface area contributed by atoms with Crippen molar-refractivity contribution >= 4 is 35.0 Å². The molecule has 2 rings (SSSR count). The average molecular weight is 391 g/mol. The molecule has 2 N–H and O–H groups in total. The van der Waals surface area contributed by atoms with Gasteiger partial charge in [0.05, 0.1) is 4.91 Å². The highest BCUT2D eigenvalue weighted by atomic mass is 32.2. The molecule has 0 bridgehead atoms. The van der Waals surface area contributed by atoms with Crippen LogP contribution in [0.3, 0.4) is 0 Å². The molecule has 1 aliphatic heterocycles. The van der Waals surface area contributed by atoms with Crippen LogP contribution in [0, 0.1) is 0 Å². The number of carboxylic acids is 1. The molecule has 1 saturated heterocycles. The average Bonchev–Trinajstić information content (AvgIpc) is 2.73. The Balaban J connectivity index is 2.56. The normalized spacial score (nSPS) is 17.1. The van der Waals surface area contributed by atoms with Crippen molar-refractivity contribution < 1.29 is 24.6 Å². The maximum Gasteiger partial charge on any atom is 0.323 e. The number of carbonyl (C=O) groups is 3. The molecule has 1 aromatic rings. The van der Waals surface area contributed by atoms with Crippen molar-refractivity contribution in [3.63, 3.8) is 0 Å². The first-order valence-corrected chi connectivity index (χ1v) is 9.38. The zero-order valence-electron chi connectivity index (χ0n) is 16.4. The molecule has 1 aromatic carbocycles. The summed E-state index contributed by atoms with van der Waals surface area (Å²) in [6.45, 7) is 11.3. The van der Waals surface area contributed by atoms with Crippen LogP contribution in [0.15, 0.2) is 17.0 Å². The number of carbonyl (C=O) groups excluding carboxylic acids is 2. The van der Waals surface area contributed by atoms with Crippen LogP contribution < -0.4 is 0 Å². The molecule has 0 aromatic heterocycles. The van der Waals surface area contributed by atoms with Crippen LogP contribution in [0.2, 0.25) is 0 Å². The maximum absolute atomic E-state index is 12.4. The van der Waals surface area contributed by atoms with E-state index in [1.807, 2.05) is 41.5 Å². The van der Waals surface area contributed by atoms with Crippen molar-refractivity contribution in [1.82, 2.24) is 4.90 Å². The van der Waals surface area contributed by atoms with Crippen LogP contribution in [0.25, 0.3) is 6.08 Å². The van der Waals surface area contributed by atoms with Gasteiger partial charge in [0.15, 0.2) is 0 Å². The molecule has 0 spiro atoms. The predicted molar refractivity (Wildman–Crippen MR) is 106 cm³/mol. The topological polar surface area (TPSA) is 94.9 Å². The third kappa shape index (κ3) is 4.53. The molecule has 146 valence electrons. The Morgan fingerprint density at radius 3 is 1.96 bits per heavy atom. The molecule has 0 aliphatic carbocycles. The summed E-state index contributed by atoms with van der Waals surface area (Å²) < 4.78 is 0. The largest absolute Gasteiger partial charge is 0.507 e. The van der Waals surface area contributed by atoms with Crippen LogP contribution in [-0.2, 0) is 20.4 Å². The molecule has 1 aliphatic rings. The van der Waals surface area contributed by atoms with E-state index in [1.165, 1.54) is 0 Å². The van der Waals surface area contributed by atoms with E-state index in [2.05, 4.69) is 0 Å². The maximum atomic E-state index is 12.4. The first kappa shape index (κ1) is 21.0. The second-order valence-electron chi connectivity index (χ2n) is 8.63. The van der Waals surface area contributed by atoms with Gasteiger partial charge in [-0.1, -0.05) is 41.5 Å². The SMILES string of the molecule is CC(C)(C)c1cc(/C=C2\SC(=O)N(CC(=O)O)C2=O)cc(C(C)(C)C)c1O. The van der Waals surface area contributed by atoms with E-state index < -0.39 is 23.7 Å². The van der Waals surface area contributed by atoms with E-state index in [0.717, 1.165) is 22.9 Å². The fourth-order valence-corrected chi connectivity index (χ4v) is 3.64. The highest BCUT2D eigenvalue weighted by molar-refractivity contribution is 8.18. The van der Waals surface area contributed by atoms with E-state index in [4.69, 9.17) is 5.11 Å². The summed E-state index contributed by atoms with van der Waals surface area (Å²) in [5, 5.41) is 19.0. The number of benzene rings is 1. The Morgan fingerprint density at radius 2 is 1.56 bits per heavy atom. The molecular formula is C20H25NO5S. The Morgan fingerprint density at radius 1 is 1.07 bits per heavy atom. The van der Waals surface area contributed by atoms with E-state index in [-0.39, 0.29) is 21.5 Å². The fourth-order valence-electron chi connectivity index (χ4n) is 2.81. The minimum Gasteiger partial charge on any atom is -0.507 e. The molecule has 7 heteroatoms.